The molecular formula is C29H22N2OS. The molecule has 160 valence electrons. The van der Waals surface area contributed by atoms with E-state index in [1.165, 1.54) is 0 Å². The minimum absolute atomic E-state index is 0.0622. The number of anilines is 1. The first-order chi connectivity index (χ1) is 16.3. The zero-order valence-electron chi connectivity index (χ0n) is 17.9. The van der Waals surface area contributed by atoms with E-state index in [4.69, 9.17) is 4.98 Å². The van der Waals surface area contributed by atoms with Crippen LogP contribution in [0, 0.1) is 0 Å². The van der Waals surface area contributed by atoms with E-state index in [1.807, 2.05) is 103 Å². The Morgan fingerprint density at radius 2 is 1.27 bits per heavy atom. The summed E-state index contributed by atoms with van der Waals surface area (Å²) in [7, 11) is 0. The number of carbonyl (C=O) groups is 1. The van der Waals surface area contributed by atoms with Gasteiger partial charge in [-0.1, -0.05) is 103 Å². The summed E-state index contributed by atoms with van der Waals surface area (Å²) in [5.41, 5.74) is 5.66. The van der Waals surface area contributed by atoms with Gasteiger partial charge in [0.2, 0.25) is 5.91 Å². The van der Waals surface area contributed by atoms with E-state index >= 15 is 0 Å². The van der Waals surface area contributed by atoms with Crippen LogP contribution in [0.1, 0.15) is 17.0 Å². The quantitative estimate of drug-likeness (QED) is 0.298. The van der Waals surface area contributed by atoms with Crippen LogP contribution < -0.4 is 5.32 Å². The van der Waals surface area contributed by atoms with Crippen LogP contribution in [0.3, 0.4) is 0 Å². The summed E-state index contributed by atoms with van der Waals surface area (Å²) in [5, 5.41) is 6.16. The van der Waals surface area contributed by atoms with Crippen molar-refractivity contribution in [1.29, 1.82) is 0 Å². The fraction of sp³-hybridized carbons (Fsp3) is 0.0345. The molecular weight excluding hydrogens is 424 g/mol. The van der Waals surface area contributed by atoms with Gasteiger partial charge in [-0.3, -0.25) is 4.79 Å². The molecule has 1 amide bonds. The van der Waals surface area contributed by atoms with Gasteiger partial charge in [-0.05, 0) is 23.3 Å². The number of thiazole rings is 1. The summed E-state index contributed by atoms with van der Waals surface area (Å²) in [6.07, 6.45) is 0. The van der Waals surface area contributed by atoms with E-state index in [0.29, 0.717) is 0 Å². The number of hydrogen-bond donors (Lipinski definition) is 1. The molecule has 4 aromatic carbocycles. The van der Waals surface area contributed by atoms with Crippen molar-refractivity contribution in [2.24, 2.45) is 0 Å². The lowest BCUT2D eigenvalue weighted by Gasteiger charge is -2.18. The Bertz CT molecular complexity index is 1310. The molecule has 0 spiro atoms. The van der Waals surface area contributed by atoms with Gasteiger partial charge in [0, 0.05) is 22.2 Å². The third-order valence-electron chi connectivity index (χ3n) is 5.48. The minimum Gasteiger partial charge on any atom is -0.325 e. The molecule has 0 saturated carbocycles. The third-order valence-corrected chi connectivity index (χ3v) is 6.37. The van der Waals surface area contributed by atoms with Crippen LogP contribution >= 0.6 is 11.3 Å². The van der Waals surface area contributed by atoms with Crippen molar-refractivity contribution < 1.29 is 4.79 Å². The van der Waals surface area contributed by atoms with Gasteiger partial charge in [0.25, 0.3) is 0 Å². The highest BCUT2D eigenvalue weighted by molar-refractivity contribution is 7.13. The van der Waals surface area contributed by atoms with E-state index < -0.39 is 0 Å². The number of amides is 1. The summed E-state index contributed by atoms with van der Waals surface area (Å²) in [6, 6.07) is 37.8. The molecule has 3 nitrogen and oxygen atoms in total. The number of rotatable bonds is 6. The van der Waals surface area contributed by atoms with E-state index in [1.54, 1.807) is 11.3 Å². The smallest absolute Gasteiger partial charge is 0.236 e. The Balaban J connectivity index is 1.41. The number of nitrogens with zero attached hydrogens (tertiary/aromatic N) is 1. The maximum absolute atomic E-state index is 13.4. The second kappa shape index (κ2) is 9.63. The Morgan fingerprint density at radius 1 is 0.697 bits per heavy atom. The summed E-state index contributed by atoms with van der Waals surface area (Å²) in [4.78, 5) is 18.2. The summed E-state index contributed by atoms with van der Waals surface area (Å²) < 4.78 is 0. The zero-order chi connectivity index (χ0) is 22.5. The van der Waals surface area contributed by atoms with Crippen molar-refractivity contribution in [2.75, 3.05) is 5.32 Å². The van der Waals surface area contributed by atoms with Crippen LogP contribution in [-0.2, 0) is 4.79 Å². The van der Waals surface area contributed by atoms with E-state index in [-0.39, 0.29) is 11.8 Å². The monoisotopic (exact) mass is 446 g/mol. The molecule has 4 heteroatoms. The number of benzene rings is 4. The highest BCUT2D eigenvalue weighted by atomic mass is 32.1. The average molecular weight is 447 g/mol. The van der Waals surface area contributed by atoms with Crippen molar-refractivity contribution in [3.8, 4) is 21.8 Å². The minimum atomic E-state index is -0.389. The van der Waals surface area contributed by atoms with Gasteiger partial charge in [0.15, 0.2) is 0 Å². The average Bonchev–Trinajstić information content (AvgIpc) is 3.37. The molecule has 0 aliphatic carbocycles. The van der Waals surface area contributed by atoms with Crippen molar-refractivity contribution in [3.63, 3.8) is 0 Å². The van der Waals surface area contributed by atoms with E-state index in [2.05, 4.69) is 22.8 Å². The van der Waals surface area contributed by atoms with Crippen molar-refractivity contribution in [2.45, 2.75) is 5.92 Å². The first kappa shape index (κ1) is 20.9. The molecule has 5 aromatic rings. The number of aromatic nitrogens is 1. The fourth-order valence-corrected chi connectivity index (χ4v) is 4.71. The van der Waals surface area contributed by atoms with E-state index in [0.717, 1.165) is 38.6 Å². The molecule has 0 radical (unpaired) electrons. The molecule has 1 aromatic heterocycles. The molecule has 0 saturated heterocycles. The molecule has 0 atom stereocenters. The van der Waals surface area contributed by atoms with Gasteiger partial charge in [-0.15, -0.1) is 11.3 Å². The van der Waals surface area contributed by atoms with Crippen LogP contribution in [0.15, 0.2) is 121 Å². The second-order valence-corrected chi connectivity index (χ2v) is 8.59. The highest BCUT2D eigenvalue weighted by Crippen LogP contribution is 2.31. The lowest BCUT2D eigenvalue weighted by Crippen LogP contribution is -2.22. The molecule has 0 bridgehead atoms. The van der Waals surface area contributed by atoms with Crippen molar-refractivity contribution in [3.05, 3.63) is 132 Å². The van der Waals surface area contributed by atoms with Gasteiger partial charge in [-0.2, -0.15) is 0 Å². The maximum Gasteiger partial charge on any atom is 0.236 e. The van der Waals surface area contributed by atoms with Crippen molar-refractivity contribution >= 4 is 22.9 Å². The summed E-state index contributed by atoms with van der Waals surface area (Å²) in [6.45, 7) is 0. The number of nitrogens with one attached hydrogen (secondary N) is 1. The maximum atomic E-state index is 13.4. The standard InChI is InChI=1S/C29H22N2OS/c32-28(27(21-11-4-1-5-12-21)22-13-6-2-7-14-22)30-25-18-10-17-24(19-25)26-20-33-29(31-26)23-15-8-3-9-16-23/h1-20,27H,(H,30,32). The molecule has 0 aliphatic heterocycles. The summed E-state index contributed by atoms with van der Waals surface area (Å²) >= 11 is 1.62. The predicted molar refractivity (Wildman–Crippen MR) is 136 cm³/mol. The molecule has 33 heavy (non-hydrogen) atoms. The molecule has 0 fully saturated rings. The van der Waals surface area contributed by atoms with Crippen LogP contribution in [-0.4, -0.2) is 10.9 Å². The lowest BCUT2D eigenvalue weighted by molar-refractivity contribution is -0.116. The van der Waals surface area contributed by atoms with Gasteiger partial charge in [0.1, 0.15) is 5.01 Å². The van der Waals surface area contributed by atoms with Crippen LogP contribution in [0.25, 0.3) is 21.8 Å². The van der Waals surface area contributed by atoms with Gasteiger partial charge >= 0.3 is 0 Å². The molecule has 1 heterocycles. The fourth-order valence-electron chi connectivity index (χ4n) is 3.88. The van der Waals surface area contributed by atoms with E-state index in [9.17, 15) is 4.79 Å². The summed E-state index contributed by atoms with van der Waals surface area (Å²) in [5.74, 6) is -0.451. The zero-order valence-corrected chi connectivity index (χ0v) is 18.7. The van der Waals surface area contributed by atoms with Gasteiger partial charge < -0.3 is 5.32 Å². The first-order valence-corrected chi connectivity index (χ1v) is 11.7. The largest absolute Gasteiger partial charge is 0.325 e. The lowest BCUT2D eigenvalue weighted by atomic mass is 9.90. The second-order valence-electron chi connectivity index (χ2n) is 7.73. The molecule has 0 unspecified atom stereocenters. The third kappa shape index (κ3) is 4.76. The Hall–Kier alpha value is -4.02. The SMILES string of the molecule is O=C(Nc1cccc(-c2csc(-c3ccccc3)n2)c1)C(c1ccccc1)c1ccccc1. The predicted octanol–water partition coefficient (Wildman–Crippen LogP) is 7.25. The molecule has 5 rings (SSSR count). The normalized spacial score (nSPS) is 10.8. The Labute approximate surface area is 197 Å². The topological polar surface area (TPSA) is 42.0 Å². The van der Waals surface area contributed by atoms with Crippen molar-refractivity contribution in [1.82, 2.24) is 4.98 Å². The van der Waals surface area contributed by atoms with Crippen LogP contribution in [0.2, 0.25) is 0 Å². The first-order valence-electron chi connectivity index (χ1n) is 10.8. The number of carbonyl (C=O) groups excluding carboxylic acids is 1. The number of hydrogen-bond acceptors (Lipinski definition) is 3. The van der Waals surface area contributed by atoms with Crippen LogP contribution in [0.4, 0.5) is 5.69 Å². The molecule has 0 aliphatic rings. The Kier molecular flexibility index (Phi) is 6.09. The molecule has 1 N–H and O–H groups in total. The Morgan fingerprint density at radius 3 is 1.91 bits per heavy atom. The van der Waals surface area contributed by atoms with Gasteiger partial charge in [-0.25, -0.2) is 4.98 Å². The van der Waals surface area contributed by atoms with Gasteiger partial charge in [0.05, 0.1) is 11.6 Å². The highest BCUT2D eigenvalue weighted by Gasteiger charge is 2.22. The van der Waals surface area contributed by atoms with Crippen LogP contribution in [0.5, 0.6) is 0 Å².